The number of hydrazine groups is 1. The van der Waals surface area contributed by atoms with Gasteiger partial charge in [-0.2, -0.15) is 0 Å². The van der Waals surface area contributed by atoms with Crippen LogP contribution in [0, 0.1) is 17.0 Å². The molecule has 1 aromatic carbocycles. The van der Waals surface area contributed by atoms with Crippen LogP contribution in [0.15, 0.2) is 18.2 Å². The number of nitrogens with one attached hydrogen (secondary N) is 1. The van der Waals surface area contributed by atoms with Crippen molar-refractivity contribution in [3.8, 4) is 0 Å². The molecule has 2 atom stereocenters. The maximum absolute atomic E-state index is 13.8. The van der Waals surface area contributed by atoms with Crippen LogP contribution >= 0.6 is 0 Å². The number of methoxy groups -OCH3 is 1. The number of rotatable bonds is 4. The first-order valence-corrected chi connectivity index (χ1v) is 5.75. The van der Waals surface area contributed by atoms with Gasteiger partial charge in [0.2, 0.25) is 0 Å². The van der Waals surface area contributed by atoms with Crippen molar-refractivity contribution in [3.63, 3.8) is 0 Å². The van der Waals surface area contributed by atoms with Gasteiger partial charge < -0.3 is 4.74 Å². The first kappa shape index (κ1) is 15.0. The van der Waals surface area contributed by atoms with Crippen molar-refractivity contribution in [2.75, 3.05) is 7.11 Å². The average molecular weight is 258 g/mol. The highest BCUT2D eigenvalue weighted by molar-refractivity contribution is 5.25. The Labute approximate surface area is 106 Å². The van der Waals surface area contributed by atoms with E-state index in [1.165, 1.54) is 25.3 Å². The average Bonchev–Trinajstić information content (AvgIpc) is 2.25. The lowest BCUT2D eigenvalue weighted by Crippen LogP contribution is -2.45. The molecule has 0 heterocycles. The topological polar surface area (TPSA) is 47.3 Å². The van der Waals surface area contributed by atoms with E-state index in [-0.39, 0.29) is 11.0 Å². The lowest BCUT2D eigenvalue weighted by Gasteiger charge is -2.36. The SMILES string of the molecule is COC(C(NN)c1c(F)cccc1F)C(C)(C)C. The number of halogens is 2. The molecule has 3 N–H and O–H groups in total. The summed E-state index contributed by atoms with van der Waals surface area (Å²) in [6, 6.07) is 2.98. The van der Waals surface area contributed by atoms with Crippen molar-refractivity contribution in [1.82, 2.24) is 5.43 Å². The molecule has 3 nitrogen and oxygen atoms in total. The number of nitrogens with two attached hydrogens (primary N) is 1. The number of hydrogen-bond acceptors (Lipinski definition) is 3. The Morgan fingerprint density at radius 3 is 2.06 bits per heavy atom. The largest absolute Gasteiger partial charge is 0.379 e. The van der Waals surface area contributed by atoms with Crippen molar-refractivity contribution in [2.24, 2.45) is 11.3 Å². The molecule has 0 aliphatic rings. The van der Waals surface area contributed by atoms with Gasteiger partial charge in [-0.05, 0) is 17.5 Å². The third-order valence-electron chi connectivity index (χ3n) is 2.90. The van der Waals surface area contributed by atoms with Crippen LogP contribution < -0.4 is 11.3 Å². The standard InChI is InChI=1S/C13H20F2N2O/c1-13(2,3)12(18-4)11(17-16)10-8(14)6-5-7-9(10)15/h5-7,11-12,17H,16H2,1-4H3. The van der Waals surface area contributed by atoms with Crippen molar-refractivity contribution in [2.45, 2.75) is 32.9 Å². The number of ether oxygens (including phenoxy) is 1. The smallest absolute Gasteiger partial charge is 0.131 e. The molecule has 0 fully saturated rings. The van der Waals surface area contributed by atoms with Crippen molar-refractivity contribution in [3.05, 3.63) is 35.4 Å². The van der Waals surface area contributed by atoms with E-state index < -0.39 is 23.8 Å². The van der Waals surface area contributed by atoms with Gasteiger partial charge in [-0.15, -0.1) is 0 Å². The van der Waals surface area contributed by atoms with Gasteiger partial charge in [0.25, 0.3) is 0 Å². The fourth-order valence-corrected chi connectivity index (χ4v) is 2.12. The van der Waals surface area contributed by atoms with Crippen LogP contribution in [0.3, 0.4) is 0 Å². The summed E-state index contributed by atoms with van der Waals surface area (Å²) in [5.74, 6) is 4.18. The summed E-state index contributed by atoms with van der Waals surface area (Å²) < 4.78 is 32.9. The summed E-state index contributed by atoms with van der Waals surface area (Å²) in [6.07, 6.45) is -0.464. The van der Waals surface area contributed by atoms with Crippen LogP contribution in [-0.2, 0) is 4.74 Å². The normalized spacial score (nSPS) is 15.5. The lowest BCUT2D eigenvalue weighted by atomic mass is 9.82. The van der Waals surface area contributed by atoms with Gasteiger partial charge in [-0.3, -0.25) is 11.3 Å². The van der Waals surface area contributed by atoms with E-state index in [1.807, 2.05) is 20.8 Å². The highest BCUT2D eigenvalue weighted by atomic mass is 19.1. The third kappa shape index (κ3) is 3.04. The molecule has 0 amide bonds. The maximum Gasteiger partial charge on any atom is 0.131 e. The monoisotopic (exact) mass is 258 g/mol. The Bertz CT molecular complexity index is 384. The van der Waals surface area contributed by atoms with Gasteiger partial charge in [-0.25, -0.2) is 8.78 Å². The van der Waals surface area contributed by atoms with Crippen LogP contribution in [0.1, 0.15) is 32.4 Å². The molecular weight excluding hydrogens is 238 g/mol. The zero-order chi connectivity index (χ0) is 13.9. The van der Waals surface area contributed by atoms with Gasteiger partial charge >= 0.3 is 0 Å². The molecule has 0 aliphatic carbocycles. The number of hydrogen-bond donors (Lipinski definition) is 2. The van der Waals surface area contributed by atoms with E-state index in [0.29, 0.717) is 0 Å². The Hall–Kier alpha value is -1.04. The first-order valence-electron chi connectivity index (χ1n) is 5.75. The van der Waals surface area contributed by atoms with Gasteiger partial charge in [0.05, 0.1) is 12.1 Å². The van der Waals surface area contributed by atoms with Crippen LogP contribution in [0.2, 0.25) is 0 Å². The summed E-state index contributed by atoms with van der Waals surface area (Å²) in [5, 5.41) is 0. The second-order valence-electron chi connectivity index (χ2n) is 5.30. The molecule has 0 radical (unpaired) electrons. The highest BCUT2D eigenvalue weighted by Gasteiger charge is 2.35. The molecule has 1 aromatic rings. The first-order chi connectivity index (χ1) is 8.32. The Balaban J connectivity index is 3.24. The summed E-state index contributed by atoms with van der Waals surface area (Å²) >= 11 is 0. The van der Waals surface area contributed by atoms with Crippen molar-refractivity contribution < 1.29 is 13.5 Å². The van der Waals surface area contributed by atoms with Gasteiger partial charge in [0.1, 0.15) is 11.6 Å². The fourth-order valence-electron chi connectivity index (χ4n) is 2.12. The predicted octanol–water partition coefficient (Wildman–Crippen LogP) is 2.53. The molecule has 2 unspecified atom stereocenters. The third-order valence-corrected chi connectivity index (χ3v) is 2.90. The Morgan fingerprint density at radius 2 is 1.72 bits per heavy atom. The molecule has 5 heteroatoms. The van der Waals surface area contributed by atoms with E-state index in [4.69, 9.17) is 10.6 Å². The molecule has 0 aromatic heterocycles. The molecule has 0 bridgehead atoms. The minimum Gasteiger partial charge on any atom is -0.379 e. The van der Waals surface area contributed by atoms with Crippen LogP contribution in [0.5, 0.6) is 0 Å². The van der Waals surface area contributed by atoms with E-state index in [2.05, 4.69) is 5.43 Å². The summed E-state index contributed by atoms with van der Waals surface area (Å²) in [4.78, 5) is 0. The second-order valence-corrected chi connectivity index (χ2v) is 5.30. The second kappa shape index (κ2) is 5.73. The minimum absolute atomic E-state index is 0.0956. The van der Waals surface area contributed by atoms with Crippen LogP contribution in [0.25, 0.3) is 0 Å². The molecule has 0 aliphatic heterocycles. The maximum atomic E-state index is 13.8. The molecule has 102 valence electrons. The molecule has 1 rings (SSSR count). The quantitative estimate of drug-likeness (QED) is 0.644. The van der Waals surface area contributed by atoms with Crippen LogP contribution in [0.4, 0.5) is 8.78 Å². The van der Waals surface area contributed by atoms with Gasteiger partial charge in [0.15, 0.2) is 0 Å². The Kier molecular flexibility index (Phi) is 4.78. The predicted molar refractivity (Wildman–Crippen MR) is 66.7 cm³/mol. The number of benzene rings is 1. The van der Waals surface area contributed by atoms with Gasteiger partial charge in [-0.1, -0.05) is 26.8 Å². The van der Waals surface area contributed by atoms with Crippen molar-refractivity contribution in [1.29, 1.82) is 0 Å². The highest BCUT2D eigenvalue weighted by Crippen LogP contribution is 2.34. The molecule has 0 spiro atoms. The fraction of sp³-hybridized carbons (Fsp3) is 0.538. The Morgan fingerprint density at radius 1 is 1.22 bits per heavy atom. The van der Waals surface area contributed by atoms with Gasteiger partial charge in [0, 0.05) is 12.7 Å². The van der Waals surface area contributed by atoms with E-state index in [1.54, 1.807) is 0 Å². The minimum atomic E-state index is -0.754. The zero-order valence-corrected chi connectivity index (χ0v) is 11.1. The lowest BCUT2D eigenvalue weighted by molar-refractivity contribution is -0.0136. The molecular formula is C13H20F2N2O. The summed E-state index contributed by atoms with van der Waals surface area (Å²) in [6.45, 7) is 5.76. The summed E-state index contributed by atoms with van der Waals surface area (Å²) in [5.41, 5.74) is 2.04. The zero-order valence-electron chi connectivity index (χ0n) is 11.1. The summed E-state index contributed by atoms with van der Waals surface area (Å²) in [7, 11) is 1.50. The van der Waals surface area contributed by atoms with E-state index in [9.17, 15) is 8.78 Å². The molecule has 0 saturated heterocycles. The molecule has 18 heavy (non-hydrogen) atoms. The van der Waals surface area contributed by atoms with Crippen LogP contribution in [-0.4, -0.2) is 13.2 Å². The molecule has 0 saturated carbocycles. The van der Waals surface area contributed by atoms with E-state index >= 15 is 0 Å². The van der Waals surface area contributed by atoms with E-state index in [0.717, 1.165) is 0 Å². The van der Waals surface area contributed by atoms with Crippen molar-refractivity contribution >= 4 is 0 Å².